The van der Waals surface area contributed by atoms with Crippen molar-refractivity contribution in [2.24, 2.45) is 5.41 Å². The summed E-state index contributed by atoms with van der Waals surface area (Å²) in [6.07, 6.45) is 11.0. The summed E-state index contributed by atoms with van der Waals surface area (Å²) in [5.74, 6) is 0. The SMILES string of the molecule is CC1(CNCCc2c(Cl)cncc2Cl)CCCCC1. The highest BCUT2D eigenvalue weighted by atomic mass is 35.5. The highest BCUT2D eigenvalue weighted by Crippen LogP contribution is 2.34. The summed E-state index contributed by atoms with van der Waals surface area (Å²) in [5, 5.41) is 4.89. The van der Waals surface area contributed by atoms with Gasteiger partial charge in [-0.1, -0.05) is 49.4 Å². The first-order chi connectivity index (χ1) is 9.11. The normalized spacial score (nSPS) is 18.5. The molecule has 0 spiro atoms. The third kappa shape index (κ3) is 4.34. The van der Waals surface area contributed by atoms with Gasteiger partial charge in [-0.15, -0.1) is 0 Å². The van der Waals surface area contributed by atoms with Gasteiger partial charge in [-0.2, -0.15) is 0 Å². The molecular weight excluding hydrogens is 279 g/mol. The second-order valence-electron chi connectivity index (χ2n) is 5.88. The van der Waals surface area contributed by atoms with Gasteiger partial charge in [0.25, 0.3) is 0 Å². The van der Waals surface area contributed by atoms with E-state index in [0.717, 1.165) is 25.1 Å². The lowest BCUT2D eigenvalue weighted by Crippen LogP contribution is -2.34. The van der Waals surface area contributed by atoms with Crippen molar-refractivity contribution in [3.63, 3.8) is 0 Å². The Morgan fingerprint density at radius 3 is 2.42 bits per heavy atom. The fourth-order valence-electron chi connectivity index (χ4n) is 2.86. The Morgan fingerprint density at radius 1 is 1.16 bits per heavy atom. The highest BCUT2D eigenvalue weighted by Gasteiger charge is 2.25. The van der Waals surface area contributed by atoms with E-state index < -0.39 is 0 Å². The van der Waals surface area contributed by atoms with Crippen LogP contribution in [0.15, 0.2) is 12.4 Å². The van der Waals surface area contributed by atoms with Gasteiger partial charge in [0.05, 0.1) is 10.0 Å². The van der Waals surface area contributed by atoms with E-state index in [4.69, 9.17) is 23.2 Å². The van der Waals surface area contributed by atoms with Crippen LogP contribution in [0.25, 0.3) is 0 Å². The molecule has 1 heterocycles. The number of rotatable bonds is 5. The zero-order valence-electron chi connectivity index (χ0n) is 11.5. The summed E-state index contributed by atoms with van der Waals surface area (Å²) < 4.78 is 0. The lowest BCUT2D eigenvalue weighted by Gasteiger charge is -2.33. The van der Waals surface area contributed by atoms with Gasteiger partial charge < -0.3 is 5.32 Å². The van der Waals surface area contributed by atoms with E-state index in [1.54, 1.807) is 12.4 Å². The average Bonchev–Trinajstić information content (AvgIpc) is 2.38. The molecule has 4 heteroatoms. The molecule has 1 saturated carbocycles. The zero-order valence-corrected chi connectivity index (χ0v) is 13.0. The van der Waals surface area contributed by atoms with Crippen molar-refractivity contribution in [1.29, 1.82) is 0 Å². The topological polar surface area (TPSA) is 24.9 Å². The molecule has 0 saturated heterocycles. The maximum atomic E-state index is 6.11. The molecule has 1 aromatic heterocycles. The van der Waals surface area contributed by atoms with Gasteiger partial charge in [-0.25, -0.2) is 0 Å². The molecule has 0 amide bonds. The second kappa shape index (κ2) is 6.92. The average molecular weight is 301 g/mol. The number of pyridine rings is 1. The Labute approximate surface area is 125 Å². The molecule has 0 aliphatic heterocycles. The van der Waals surface area contributed by atoms with E-state index in [-0.39, 0.29) is 0 Å². The molecule has 106 valence electrons. The van der Waals surface area contributed by atoms with Crippen LogP contribution in [-0.4, -0.2) is 18.1 Å². The van der Waals surface area contributed by atoms with Crippen molar-refractivity contribution in [3.05, 3.63) is 28.0 Å². The Morgan fingerprint density at radius 2 is 1.79 bits per heavy atom. The summed E-state index contributed by atoms with van der Waals surface area (Å²) in [4.78, 5) is 3.97. The van der Waals surface area contributed by atoms with Crippen LogP contribution in [-0.2, 0) is 6.42 Å². The zero-order chi connectivity index (χ0) is 13.7. The second-order valence-corrected chi connectivity index (χ2v) is 6.69. The maximum Gasteiger partial charge on any atom is 0.0636 e. The quantitative estimate of drug-likeness (QED) is 0.810. The van der Waals surface area contributed by atoms with E-state index in [9.17, 15) is 0 Å². The van der Waals surface area contributed by atoms with Crippen LogP contribution in [0.5, 0.6) is 0 Å². The van der Waals surface area contributed by atoms with Crippen LogP contribution in [0.4, 0.5) is 0 Å². The predicted octanol–water partition coefficient (Wildman–Crippen LogP) is 4.49. The van der Waals surface area contributed by atoms with Gasteiger partial charge in [-0.3, -0.25) is 4.98 Å². The van der Waals surface area contributed by atoms with Gasteiger partial charge in [0.2, 0.25) is 0 Å². The van der Waals surface area contributed by atoms with E-state index in [0.29, 0.717) is 15.5 Å². The van der Waals surface area contributed by atoms with Crippen molar-refractivity contribution in [3.8, 4) is 0 Å². The van der Waals surface area contributed by atoms with Gasteiger partial charge in [0.15, 0.2) is 0 Å². The fourth-order valence-corrected chi connectivity index (χ4v) is 3.42. The third-order valence-corrected chi connectivity index (χ3v) is 4.77. The third-order valence-electron chi connectivity index (χ3n) is 4.12. The van der Waals surface area contributed by atoms with Crippen molar-refractivity contribution >= 4 is 23.2 Å². The van der Waals surface area contributed by atoms with Crippen molar-refractivity contribution < 1.29 is 0 Å². The predicted molar refractivity (Wildman–Crippen MR) is 82.0 cm³/mol. The molecule has 1 aliphatic carbocycles. The Bertz CT molecular complexity index is 394. The van der Waals surface area contributed by atoms with Crippen LogP contribution < -0.4 is 5.32 Å². The molecule has 1 aliphatic rings. The number of nitrogens with zero attached hydrogens (tertiary/aromatic N) is 1. The van der Waals surface area contributed by atoms with Crippen molar-refractivity contribution in [1.82, 2.24) is 10.3 Å². The number of hydrogen-bond acceptors (Lipinski definition) is 2. The molecule has 0 radical (unpaired) electrons. The minimum Gasteiger partial charge on any atom is -0.316 e. The molecule has 0 unspecified atom stereocenters. The molecular formula is C15H22Cl2N2. The van der Waals surface area contributed by atoms with E-state index in [1.165, 1.54) is 32.1 Å². The molecule has 2 rings (SSSR count). The first-order valence-electron chi connectivity index (χ1n) is 7.09. The molecule has 1 N–H and O–H groups in total. The molecule has 19 heavy (non-hydrogen) atoms. The summed E-state index contributed by atoms with van der Waals surface area (Å²) in [6, 6.07) is 0. The number of aromatic nitrogens is 1. The van der Waals surface area contributed by atoms with Gasteiger partial charge in [0, 0.05) is 18.9 Å². The van der Waals surface area contributed by atoms with E-state index in [1.807, 2.05) is 0 Å². The Kier molecular flexibility index (Phi) is 5.49. The summed E-state index contributed by atoms with van der Waals surface area (Å²) in [6.45, 7) is 4.40. The van der Waals surface area contributed by atoms with Gasteiger partial charge >= 0.3 is 0 Å². The molecule has 0 bridgehead atoms. The van der Waals surface area contributed by atoms with Crippen LogP contribution in [0, 0.1) is 5.41 Å². The molecule has 2 nitrogen and oxygen atoms in total. The largest absolute Gasteiger partial charge is 0.316 e. The molecule has 1 aromatic rings. The first kappa shape index (κ1) is 15.1. The fraction of sp³-hybridized carbons (Fsp3) is 0.667. The summed E-state index contributed by atoms with van der Waals surface area (Å²) >= 11 is 12.2. The summed E-state index contributed by atoms with van der Waals surface area (Å²) in [7, 11) is 0. The lowest BCUT2D eigenvalue weighted by molar-refractivity contribution is 0.208. The van der Waals surface area contributed by atoms with Crippen molar-refractivity contribution in [2.75, 3.05) is 13.1 Å². The van der Waals surface area contributed by atoms with E-state index >= 15 is 0 Å². The molecule has 0 aromatic carbocycles. The van der Waals surface area contributed by atoms with Crippen LogP contribution >= 0.6 is 23.2 Å². The van der Waals surface area contributed by atoms with Crippen LogP contribution in [0.2, 0.25) is 10.0 Å². The van der Waals surface area contributed by atoms with E-state index in [2.05, 4.69) is 17.2 Å². The smallest absolute Gasteiger partial charge is 0.0636 e. The summed E-state index contributed by atoms with van der Waals surface area (Å²) in [5.41, 5.74) is 1.48. The maximum absolute atomic E-state index is 6.11. The first-order valence-corrected chi connectivity index (χ1v) is 7.85. The minimum absolute atomic E-state index is 0.476. The minimum atomic E-state index is 0.476. The number of hydrogen-bond donors (Lipinski definition) is 1. The highest BCUT2D eigenvalue weighted by molar-refractivity contribution is 6.35. The van der Waals surface area contributed by atoms with Gasteiger partial charge in [0.1, 0.15) is 0 Å². The molecule has 0 atom stereocenters. The van der Waals surface area contributed by atoms with Crippen molar-refractivity contribution in [2.45, 2.75) is 45.4 Å². The lowest BCUT2D eigenvalue weighted by atomic mass is 9.76. The number of nitrogens with one attached hydrogen (secondary N) is 1. The Balaban J connectivity index is 1.77. The standard InChI is InChI=1S/C15H22Cl2N2/c1-15(6-3-2-4-7-15)11-18-8-5-12-13(16)9-19-10-14(12)17/h9-10,18H,2-8,11H2,1H3. The molecule has 1 fully saturated rings. The van der Waals surface area contributed by atoms with Crippen LogP contribution in [0.3, 0.4) is 0 Å². The number of halogens is 2. The monoisotopic (exact) mass is 300 g/mol. The van der Waals surface area contributed by atoms with Crippen LogP contribution in [0.1, 0.15) is 44.6 Å². The Hall–Kier alpha value is -0.310. The van der Waals surface area contributed by atoms with Gasteiger partial charge in [-0.05, 0) is 36.8 Å².